The first-order chi connectivity index (χ1) is 18.5. The standard InChI is InChI=1S/C22H42N4O8S2.C2H4O2/c1-21(2,13-27)17(31)19(33)25-7-5-15(29)23-9-11-35-36-12-10-24-16(30)6-8-26-20(34)18(32)22(3,4)14-28;1-2(3)4/h17-18,27-28,31-32H,5-14H2,1-4H3,(H,23,29)(H,24,30)(H,25,33)(H,26,34);1H3,(H,3,4). The van der Waals surface area contributed by atoms with E-state index in [-0.39, 0.29) is 51.0 Å². The van der Waals surface area contributed by atoms with E-state index in [2.05, 4.69) is 21.3 Å². The molecule has 4 amide bonds. The maximum atomic E-state index is 11.8. The number of carbonyl (C=O) groups excluding carboxylic acids is 4. The van der Waals surface area contributed by atoms with Crippen molar-refractivity contribution in [2.75, 3.05) is 50.9 Å². The minimum absolute atomic E-state index is 0.0699. The van der Waals surface area contributed by atoms with E-state index in [1.807, 2.05) is 0 Å². The summed E-state index contributed by atoms with van der Waals surface area (Å²) in [6.45, 7) is 7.67. The van der Waals surface area contributed by atoms with Crippen molar-refractivity contribution in [3.8, 4) is 0 Å². The van der Waals surface area contributed by atoms with Gasteiger partial charge in [-0.15, -0.1) is 0 Å². The molecule has 0 aliphatic rings. The van der Waals surface area contributed by atoms with E-state index in [0.29, 0.717) is 24.6 Å². The summed E-state index contributed by atoms with van der Waals surface area (Å²) < 4.78 is 0. The lowest BCUT2D eigenvalue weighted by atomic mass is 9.87. The van der Waals surface area contributed by atoms with Gasteiger partial charge >= 0.3 is 0 Å². The number of carboxylic acids is 1. The molecule has 0 aliphatic carbocycles. The summed E-state index contributed by atoms with van der Waals surface area (Å²) in [6, 6.07) is 0. The first kappa shape index (κ1) is 40.0. The Kier molecular flexibility index (Phi) is 21.6. The molecular weight excluding hydrogens is 568 g/mol. The number of aliphatic hydroxyl groups excluding tert-OH is 4. The lowest BCUT2D eigenvalue weighted by Crippen LogP contribution is -2.46. The number of rotatable bonds is 19. The minimum atomic E-state index is -1.37. The van der Waals surface area contributed by atoms with Gasteiger partial charge in [0.05, 0.1) is 13.2 Å². The van der Waals surface area contributed by atoms with Crippen LogP contribution in [0.15, 0.2) is 0 Å². The Morgan fingerprint density at radius 2 is 0.950 bits per heavy atom. The third-order valence-corrected chi connectivity index (χ3v) is 7.60. The van der Waals surface area contributed by atoms with Crippen LogP contribution in [0.4, 0.5) is 0 Å². The molecule has 9 N–H and O–H groups in total. The molecule has 0 bridgehead atoms. The zero-order chi connectivity index (χ0) is 31.4. The van der Waals surface area contributed by atoms with Crippen molar-refractivity contribution < 1.29 is 49.5 Å². The van der Waals surface area contributed by atoms with E-state index < -0.39 is 40.8 Å². The number of carbonyl (C=O) groups is 5. The molecule has 234 valence electrons. The quantitative estimate of drug-likeness (QED) is 0.0595. The minimum Gasteiger partial charge on any atom is -0.481 e. The lowest BCUT2D eigenvalue weighted by Gasteiger charge is -2.27. The predicted octanol–water partition coefficient (Wildman–Crippen LogP) is -1.54. The average Bonchev–Trinajstić information content (AvgIpc) is 2.88. The van der Waals surface area contributed by atoms with Gasteiger partial charge < -0.3 is 46.8 Å². The SMILES string of the molecule is CC(=O)O.CC(C)(CO)C(O)C(=O)NCCC(=O)NCCSSCCNC(=O)CCNC(=O)C(O)C(C)(C)CO. The lowest BCUT2D eigenvalue weighted by molar-refractivity contribution is -0.137. The Morgan fingerprint density at radius 3 is 1.23 bits per heavy atom. The number of aliphatic carboxylic acids is 1. The average molecular weight is 615 g/mol. The molecule has 0 aromatic carbocycles. The Morgan fingerprint density at radius 1 is 0.650 bits per heavy atom. The molecule has 0 aromatic rings. The fourth-order valence-corrected chi connectivity index (χ4v) is 4.25. The van der Waals surface area contributed by atoms with E-state index >= 15 is 0 Å². The summed E-state index contributed by atoms with van der Waals surface area (Å²) in [7, 11) is 3.07. The highest BCUT2D eigenvalue weighted by Crippen LogP contribution is 2.20. The number of aliphatic hydroxyl groups is 4. The van der Waals surface area contributed by atoms with Gasteiger partial charge in [0.2, 0.25) is 23.6 Å². The largest absolute Gasteiger partial charge is 0.481 e. The second kappa shape index (κ2) is 21.6. The molecule has 2 atom stereocenters. The van der Waals surface area contributed by atoms with Crippen LogP contribution in [0.25, 0.3) is 0 Å². The number of hydrogen-bond donors (Lipinski definition) is 9. The number of nitrogens with one attached hydrogen (secondary N) is 4. The van der Waals surface area contributed by atoms with Crippen molar-refractivity contribution in [1.82, 2.24) is 21.3 Å². The molecule has 40 heavy (non-hydrogen) atoms. The third kappa shape index (κ3) is 19.9. The Hall–Kier alpha value is -2.11. The molecule has 0 spiro atoms. The molecule has 14 nitrogen and oxygen atoms in total. The maximum absolute atomic E-state index is 11.8. The summed E-state index contributed by atoms with van der Waals surface area (Å²) in [6.07, 6.45) is -2.59. The van der Waals surface area contributed by atoms with Gasteiger partial charge in [-0.25, -0.2) is 0 Å². The Balaban J connectivity index is 0. The molecule has 0 aromatic heterocycles. The van der Waals surface area contributed by atoms with Gasteiger partial charge in [-0.3, -0.25) is 24.0 Å². The molecule has 0 radical (unpaired) electrons. The summed E-state index contributed by atoms with van der Waals surface area (Å²) in [5.74, 6) is -1.26. The van der Waals surface area contributed by atoms with Crippen LogP contribution in [0.3, 0.4) is 0 Å². The topological polar surface area (TPSA) is 235 Å². The highest BCUT2D eigenvalue weighted by atomic mass is 33.1. The van der Waals surface area contributed by atoms with Crippen LogP contribution in [-0.2, 0) is 24.0 Å². The summed E-state index contributed by atoms with van der Waals surface area (Å²) in [5.41, 5.74) is -1.94. The van der Waals surface area contributed by atoms with Crippen molar-refractivity contribution in [3.63, 3.8) is 0 Å². The Bertz CT molecular complexity index is 738. The molecule has 0 rings (SSSR count). The van der Waals surface area contributed by atoms with Gasteiger partial charge in [0.15, 0.2) is 0 Å². The first-order valence-corrected chi connectivity index (χ1v) is 15.1. The highest BCUT2D eigenvalue weighted by Gasteiger charge is 2.33. The molecule has 0 saturated heterocycles. The summed E-state index contributed by atoms with van der Waals surface area (Å²) in [4.78, 5) is 56.3. The van der Waals surface area contributed by atoms with E-state index in [9.17, 15) is 39.6 Å². The second-order valence-corrected chi connectivity index (χ2v) is 12.7. The van der Waals surface area contributed by atoms with Gasteiger partial charge in [0.1, 0.15) is 12.2 Å². The van der Waals surface area contributed by atoms with Crippen LogP contribution in [0.5, 0.6) is 0 Å². The normalized spacial score (nSPS) is 12.7. The van der Waals surface area contributed by atoms with Crippen molar-refractivity contribution in [1.29, 1.82) is 0 Å². The van der Waals surface area contributed by atoms with Crippen LogP contribution >= 0.6 is 21.6 Å². The summed E-state index contributed by atoms with van der Waals surface area (Å²) in [5, 5.41) is 55.9. The van der Waals surface area contributed by atoms with Crippen molar-refractivity contribution in [2.45, 2.75) is 59.7 Å². The van der Waals surface area contributed by atoms with Gasteiger partial charge in [0, 0.05) is 68.3 Å². The first-order valence-electron chi connectivity index (χ1n) is 12.6. The van der Waals surface area contributed by atoms with Crippen molar-refractivity contribution in [2.24, 2.45) is 10.8 Å². The molecule has 0 saturated carbocycles. The fourth-order valence-electron chi connectivity index (χ4n) is 2.43. The van der Waals surface area contributed by atoms with Crippen molar-refractivity contribution in [3.05, 3.63) is 0 Å². The smallest absolute Gasteiger partial charge is 0.300 e. The zero-order valence-corrected chi connectivity index (χ0v) is 25.5. The van der Waals surface area contributed by atoms with Crippen molar-refractivity contribution >= 4 is 51.2 Å². The van der Waals surface area contributed by atoms with E-state index in [1.165, 1.54) is 21.6 Å². The maximum Gasteiger partial charge on any atom is 0.300 e. The second-order valence-electron chi connectivity index (χ2n) is 10.0. The summed E-state index contributed by atoms with van der Waals surface area (Å²) >= 11 is 0. The molecular formula is C24H46N4O10S2. The monoisotopic (exact) mass is 614 g/mol. The number of amides is 4. The number of hydrogen-bond acceptors (Lipinski definition) is 11. The molecule has 0 aliphatic heterocycles. The van der Waals surface area contributed by atoms with E-state index in [4.69, 9.17) is 9.90 Å². The number of carboxylic acid groups (broad SMARTS) is 1. The third-order valence-electron chi connectivity index (χ3n) is 5.19. The van der Waals surface area contributed by atoms with Gasteiger partial charge in [-0.05, 0) is 0 Å². The molecule has 2 unspecified atom stereocenters. The Labute approximate surface area is 243 Å². The molecule has 0 heterocycles. The van der Waals surface area contributed by atoms with Crippen LogP contribution in [0.2, 0.25) is 0 Å². The van der Waals surface area contributed by atoms with Crippen LogP contribution < -0.4 is 21.3 Å². The molecule has 0 fully saturated rings. The van der Waals surface area contributed by atoms with Gasteiger partial charge in [-0.2, -0.15) is 0 Å². The molecule has 16 heteroatoms. The van der Waals surface area contributed by atoms with Gasteiger partial charge in [0.25, 0.3) is 5.97 Å². The van der Waals surface area contributed by atoms with Crippen LogP contribution in [-0.4, -0.2) is 118 Å². The van der Waals surface area contributed by atoms with E-state index in [0.717, 1.165) is 6.92 Å². The zero-order valence-electron chi connectivity index (χ0n) is 23.8. The van der Waals surface area contributed by atoms with Crippen LogP contribution in [0, 0.1) is 10.8 Å². The van der Waals surface area contributed by atoms with Gasteiger partial charge in [-0.1, -0.05) is 49.3 Å². The fraction of sp³-hybridized carbons (Fsp3) is 0.792. The predicted molar refractivity (Wildman–Crippen MR) is 153 cm³/mol. The highest BCUT2D eigenvalue weighted by molar-refractivity contribution is 8.76. The van der Waals surface area contributed by atoms with E-state index in [1.54, 1.807) is 27.7 Å². The van der Waals surface area contributed by atoms with Crippen LogP contribution in [0.1, 0.15) is 47.5 Å².